The van der Waals surface area contributed by atoms with Crippen LogP contribution in [0.4, 0.5) is 11.4 Å². The van der Waals surface area contributed by atoms with Crippen molar-refractivity contribution in [3.8, 4) is 5.75 Å². The first-order chi connectivity index (χ1) is 16.4. The zero-order valence-electron chi connectivity index (χ0n) is 19.1. The first-order valence-electron chi connectivity index (χ1n) is 11.4. The maximum atomic E-state index is 11.3. The summed E-state index contributed by atoms with van der Waals surface area (Å²) < 4.78 is 6.80. The molecular weight excluding hydrogens is 424 g/mol. The van der Waals surface area contributed by atoms with Crippen LogP contribution < -0.4 is 9.64 Å². The first-order valence-corrected chi connectivity index (χ1v) is 11.4. The number of hydrogen-bond donors (Lipinski definition) is 0. The van der Waals surface area contributed by atoms with Gasteiger partial charge in [-0.25, -0.2) is 0 Å². The quantitative estimate of drug-likeness (QED) is 0.254. The van der Waals surface area contributed by atoms with E-state index in [-0.39, 0.29) is 16.0 Å². The minimum absolute atomic E-state index is 0.0601. The second-order valence-electron chi connectivity index (χ2n) is 9.52. The normalized spacial score (nSPS) is 19.6. The van der Waals surface area contributed by atoms with Gasteiger partial charge in [0.15, 0.2) is 0 Å². The highest BCUT2D eigenvalue weighted by Crippen LogP contribution is 2.55. The van der Waals surface area contributed by atoms with Crippen LogP contribution in [0.1, 0.15) is 30.5 Å². The number of ether oxygens (including phenoxy) is 1. The van der Waals surface area contributed by atoms with Gasteiger partial charge in [-0.15, -0.1) is 0 Å². The summed E-state index contributed by atoms with van der Waals surface area (Å²) in [6.07, 6.45) is 4.03. The van der Waals surface area contributed by atoms with Crippen molar-refractivity contribution in [2.45, 2.75) is 31.5 Å². The Kier molecular flexibility index (Phi) is 4.33. The number of fused-ring (bicyclic) bond motifs is 3. The van der Waals surface area contributed by atoms with Crippen molar-refractivity contribution < 1.29 is 9.66 Å². The van der Waals surface area contributed by atoms with Gasteiger partial charge in [0.1, 0.15) is 5.75 Å². The Balaban J connectivity index is 1.48. The largest absolute Gasteiger partial charge is 0.463 e. The molecular formula is C29H24N2O3. The van der Waals surface area contributed by atoms with Gasteiger partial charge in [-0.1, -0.05) is 54.6 Å². The molecule has 1 atom stereocenters. The maximum absolute atomic E-state index is 11.3. The second kappa shape index (κ2) is 7.19. The molecule has 0 radical (unpaired) electrons. The highest BCUT2D eigenvalue weighted by molar-refractivity contribution is 5.83. The average Bonchev–Trinajstić information content (AvgIpc) is 3.02. The minimum Gasteiger partial charge on any atom is -0.463 e. The molecule has 34 heavy (non-hydrogen) atoms. The van der Waals surface area contributed by atoms with Crippen molar-refractivity contribution in [2.24, 2.45) is 0 Å². The standard InChI is InChI=1S/C29H24N2O3/c1-28(2)25-9-5-6-10-26(25)30(19-20-11-12-21-7-3-4-8-22(21)17-20)29(28)16-15-23-18-24(31(32)33)13-14-27(23)34-29/h3-18H,19H2,1-2H3. The third-order valence-electron chi connectivity index (χ3n) is 7.28. The summed E-state index contributed by atoms with van der Waals surface area (Å²) in [5, 5.41) is 13.7. The summed E-state index contributed by atoms with van der Waals surface area (Å²) in [5.41, 5.74) is 3.18. The number of benzene rings is 4. The molecule has 2 aliphatic heterocycles. The Morgan fingerprint density at radius 3 is 2.50 bits per heavy atom. The molecule has 0 saturated heterocycles. The van der Waals surface area contributed by atoms with Crippen molar-refractivity contribution in [3.63, 3.8) is 0 Å². The van der Waals surface area contributed by atoms with Gasteiger partial charge in [0, 0.05) is 29.9 Å². The van der Waals surface area contributed by atoms with Gasteiger partial charge in [0.25, 0.3) is 5.69 Å². The molecule has 4 aromatic carbocycles. The summed E-state index contributed by atoms with van der Waals surface area (Å²) >= 11 is 0. The van der Waals surface area contributed by atoms with Crippen molar-refractivity contribution in [3.05, 3.63) is 118 Å². The summed E-state index contributed by atoms with van der Waals surface area (Å²) in [6, 6.07) is 28.2. The summed E-state index contributed by atoms with van der Waals surface area (Å²) in [6.45, 7) is 5.07. The number of rotatable bonds is 3. The molecule has 1 unspecified atom stereocenters. The first kappa shape index (κ1) is 20.5. The molecule has 6 rings (SSSR count). The number of non-ortho nitro benzene ring substituents is 1. The second-order valence-corrected chi connectivity index (χ2v) is 9.52. The Morgan fingerprint density at radius 2 is 1.68 bits per heavy atom. The summed E-state index contributed by atoms with van der Waals surface area (Å²) in [7, 11) is 0. The lowest BCUT2D eigenvalue weighted by molar-refractivity contribution is -0.384. The van der Waals surface area contributed by atoms with Crippen molar-refractivity contribution >= 4 is 28.2 Å². The number of para-hydroxylation sites is 1. The molecule has 0 saturated carbocycles. The van der Waals surface area contributed by atoms with E-state index in [0.717, 1.165) is 11.3 Å². The highest BCUT2D eigenvalue weighted by Gasteiger charge is 2.58. The van der Waals surface area contributed by atoms with E-state index in [1.807, 2.05) is 6.08 Å². The maximum Gasteiger partial charge on any atom is 0.270 e. The predicted octanol–water partition coefficient (Wildman–Crippen LogP) is 6.85. The fourth-order valence-corrected chi connectivity index (χ4v) is 5.43. The lowest BCUT2D eigenvalue weighted by Crippen LogP contribution is -2.59. The van der Waals surface area contributed by atoms with Crippen LogP contribution in [0.3, 0.4) is 0 Å². The Bertz CT molecular complexity index is 1490. The van der Waals surface area contributed by atoms with E-state index in [0.29, 0.717) is 12.3 Å². The third-order valence-corrected chi connectivity index (χ3v) is 7.28. The van der Waals surface area contributed by atoms with Crippen LogP contribution in [0.15, 0.2) is 91.0 Å². The van der Waals surface area contributed by atoms with Gasteiger partial charge < -0.3 is 9.64 Å². The van der Waals surface area contributed by atoms with Gasteiger partial charge in [0.2, 0.25) is 5.72 Å². The summed E-state index contributed by atoms with van der Waals surface area (Å²) in [5.74, 6) is 0.650. The molecule has 2 aliphatic rings. The van der Waals surface area contributed by atoms with Crippen molar-refractivity contribution in [1.29, 1.82) is 0 Å². The molecule has 2 heterocycles. The van der Waals surface area contributed by atoms with Gasteiger partial charge in [-0.3, -0.25) is 10.1 Å². The van der Waals surface area contributed by atoms with E-state index in [4.69, 9.17) is 4.74 Å². The molecule has 0 aromatic heterocycles. The predicted molar refractivity (Wildman–Crippen MR) is 135 cm³/mol. The smallest absolute Gasteiger partial charge is 0.270 e. The SMILES string of the molecule is CC1(C)c2ccccc2N(Cc2ccc3ccccc3c2)C12C=Cc1cc([N+](=O)[O-])ccc1O2. The molecule has 1 spiro atoms. The van der Waals surface area contributed by atoms with Gasteiger partial charge >= 0.3 is 0 Å². The fourth-order valence-electron chi connectivity index (χ4n) is 5.43. The van der Waals surface area contributed by atoms with E-state index in [2.05, 4.69) is 91.6 Å². The van der Waals surface area contributed by atoms with Gasteiger partial charge in [-0.05, 0) is 66.1 Å². The van der Waals surface area contributed by atoms with E-state index < -0.39 is 5.72 Å². The Hall–Kier alpha value is -4.12. The Morgan fingerprint density at radius 1 is 0.912 bits per heavy atom. The van der Waals surface area contributed by atoms with E-state index in [1.165, 1.54) is 28.0 Å². The number of anilines is 1. The average molecular weight is 449 g/mol. The summed E-state index contributed by atoms with van der Waals surface area (Å²) in [4.78, 5) is 13.2. The van der Waals surface area contributed by atoms with Crippen LogP contribution >= 0.6 is 0 Å². The number of hydrogen-bond acceptors (Lipinski definition) is 4. The molecule has 0 aliphatic carbocycles. The topological polar surface area (TPSA) is 55.6 Å². The van der Waals surface area contributed by atoms with Crippen LogP contribution in [0, 0.1) is 10.1 Å². The minimum atomic E-state index is -0.772. The van der Waals surface area contributed by atoms with Crippen LogP contribution in [0.5, 0.6) is 5.75 Å². The van der Waals surface area contributed by atoms with Crippen LogP contribution in [0.2, 0.25) is 0 Å². The lowest BCUT2D eigenvalue weighted by atomic mass is 9.76. The van der Waals surface area contributed by atoms with Crippen LogP contribution in [-0.2, 0) is 12.0 Å². The fraction of sp³-hybridized carbons (Fsp3) is 0.172. The molecule has 0 amide bonds. The van der Waals surface area contributed by atoms with E-state index >= 15 is 0 Å². The van der Waals surface area contributed by atoms with Crippen LogP contribution in [0.25, 0.3) is 16.8 Å². The number of nitro benzene ring substituents is 1. The molecule has 168 valence electrons. The highest BCUT2D eigenvalue weighted by atomic mass is 16.6. The monoisotopic (exact) mass is 448 g/mol. The third kappa shape index (κ3) is 2.86. The molecule has 5 nitrogen and oxygen atoms in total. The zero-order chi connectivity index (χ0) is 23.5. The van der Waals surface area contributed by atoms with Crippen molar-refractivity contribution in [1.82, 2.24) is 0 Å². The lowest BCUT2D eigenvalue weighted by Gasteiger charge is -2.47. The molecule has 0 N–H and O–H groups in total. The van der Waals surface area contributed by atoms with E-state index in [1.54, 1.807) is 12.1 Å². The van der Waals surface area contributed by atoms with Gasteiger partial charge in [-0.2, -0.15) is 0 Å². The number of nitro groups is 1. The van der Waals surface area contributed by atoms with Crippen molar-refractivity contribution in [2.75, 3.05) is 4.90 Å². The van der Waals surface area contributed by atoms with Crippen LogP contribution in [-0.4, -0.2) is 10.6 Å². The zero-order valence-corrected chi connectivity index (χ0v) is 19.1. The molecule has 0 bridgehead atoms. The molecule has 0 fully saturated rings. The van der Waals surface area contributed by atoms with Gasteiger partial charge in [0.05, 0.1) is 10.3 Å². The number of nitrogens with zero attached hydrogens (tertiary/aromatic N) is 2. The Labute approximate surface area is 198 Å². The molecule has 4 aromatic rings. The van der Waals surface area contributed by atoms with E-state index in [9.17, 15) is 10.1 Å². The molecule has 5 heteroatoms.